The molecule has 7 nitrogen and oxygen atoms in total. The number of benzene rings is 1. The van der Waals surface area contributed by atoms with Crippen LogP contribution in [-0.4, -0.2) is 48.4 Å². The van der Waals surface area contributed by atoms with E-state index in [1.165, 1.54) is 16.4 Å². The van der Waals surface area contributed by atoms with Crippen LogP contribution in [-0.2, 0) is 14.8 Å². The molecule has 1 aliphatic rings. The number of hydrogen-bond donors (Lipinski definition) is 0. The van der Waals surface area contributed by atoms with Crippen molar-refractivity contribution in [2.24, 2.45) is 0 Å². The Hall–Kier alpha value is -2.00. The van der Waals surface area contributed by atoms with E-state index in [4.69, 9.17) is 16.3 Å². The molecule has 0 radical (unpaired) electrons. The predicted octanol–water partition coefficient (Wildman–Crippen LogP) is 1.52. The van der Waals surface area contributed by atoms with Crippen LogP contribution < -0.4 is 5.56 Å². The smallest absolute Gasteiger partial charge is 0.281 e. The number of sulfonamides is 1. The summed E-state index contributed by atoms with van der Waals surface area (Å²) in [5.74, 6) is 0. The molecule has 0 atom stereocenters. The molecule has 1 aliphatic heterocycles. The van der Waals surface area contributed by atoms with Gasteiger partial charge in [0.15, 0.2) is 0 Å². The zero-order valence-electron chi connectivity index (χ0n) is 13.1. The summed E-state index contributed by atoms with van der Waals surface area (Å²) < 4.78 is 34.0. The second-order valence-corrected chi connectivity index (χ2v) is 7.98. The van der Waals surface area contributed by atoms with Crippen molar-refractivity contribution in [1.82, 2.24) is 13.7 Å². The van der Waals surface area contributed by atoms with Gasteiger partial charge in [0.2, 0.25) is 10.0 Å². The van der Waals surface area contributed by atoms with Crippen molar-refractivity contribution >= 4 is 38.2 Å². The number of morpholine rings is 1. The van der Waals surface area contributed by atoms with Gasteiger partial charge >= 0.3 is 0 Å². The van der Waals surface area contributed by atoms with Crippen LogP contribution in [0.3, 0.4) is 0 Å². The third-order valence-corrected chi connectivity index (χ3v) is 6.55. The van der Waals surface area contributed by atoms with Gasteiger partial charge in [-0.3, -0.25) is 4.79 Å². The van der Waals surface area contributed by atoms with Crippen molar-refractivity contribution in [3.05, 3.63) is 51.9 Å². The second kappa shape index (κ2) is 6.06. The molecule has 130 valence electrons. The summed E-state index contributed by atoms with van der Waals surface area (Å²) in [5, 5.41) is 0.280. The van der Waals surface area contributed by atoms with Gasteiger partial charge in [-0.15, -0.1) is 0 Å². The molecule has 9 heteroatoms. The summed E-state index contributed by atoms with van der Waals surface area (Å²) in [6.45, 7) is 1.18. The lowest BCUT2D eigenvalue weighted by atomic mass is 10.2. The summed E-state index contributed by atoms with van der Waals surface area (Å²) in [4.78, 5) is 16.3. The first-order valence-electron chi connectivity index (χ1n) is 7.67. The Kier molecular flexibility index (Phi) is 3.99. The van der Waals surface area contributed by atoms with Crippen LogP contribution in [0.15, 0.2) is 46.2 Å². The van der Waals surface area contributed by atoms with E-state index in [2.05, 4.69) is 4.98 Å². The average Bonchev–Trinajstić information content (AvgIpc) is 2.62. The summed E-state index contributed by atoms with van der Waals surface area (Å²) in [7, 11) is -3.81. The normalized spacial score (nSPS) is 16.5. The molecule has 1 fully saturated rings. The zero-order valence-corrected chi connectivity index (χ0v) is 14.6. The Labute approximate surface area is 148 Å². The number of fused-ring (bicyclic) bond motifs is 3. The molecule has 0 amide bonds. The fraction of sp³-hybridized carbons (Fsp3) is 0.250. The molecular weight excluding hydrogens is 366 g/mol. The van der Waals surface area contributed by atoms with Gasteiger partial charge in [0.1, 0.15) is 10.5 Å². The minimum Gasteiger partial charge on any atom is -0.379 e. The molecule has 0 unspecified atom stereocenters. The van der Waals surface area contributed by atoms with Gasteiger partial charge in [-0.2, -0.15) is 9.29 Å². The van der Waals surface area contributed by atoms with Crippen LogP contribution in [0.1, 0.15) is 0 Å². The Morgan fingerprint density at radius 1 is 1.16 bits per heavy atom. The highest BCUT2D eigenvalue weighted by Crippen LogP contribution is 2.29. The van der Waals surface area contributed by atoms with E-state index in [-0.39, 0.29) is 28.4 Å². The topological polar surface area (TPSA) is 81.0 Å². The van der Waals surface area contributed by atoms with Crippen molar-refractivity contribution < 1.29 is 13.2 Å². The van der Waals surface area contributed by atoms with Gasteiger partial charge in [0.25, 0.3) is 5.56 Å². The molecule has 3 heterocycles. The van der Waals surface area contributed by atoms with Crippen molar-refractivity contribution in [3.63, 3.8) is 0 Å². The lowest BCUT2D eigenvalue weighted by molar-refractivity contribution is 0.0730. The maximum Gasteiger partial charge on any atom is 0.281 e. The van der Waals surface area contributed by atoms with Crippen LogP contribution in [0.25, 0.3) is 16.6 Å². The predicted molar refractivity (Wildman–Crippen MR) is 93.6 cm³/mol. The number of rotatable bonds is 2. The van der Waals surface area contributed by atoms with Gasteiger partial charge < -0.3 is 9.14 Å². The highest BCUT2D eigenvalue weighted by Gasteiger charge is 2.29. The number of aromatic nitrogens is 2. The molecule has 3 aromatic rings. The molecule has 1 saturated heterocycles. The molecule has 25 heavy (non-hydrogen) atoms. The first-order chi connectivity index (χ1) is 12.0. The molecule has 0 N–H and O–H groups in total. The summed E-state index contributed by atoms with van der Waals surface area (Å²) in [6, 6.07) is 8.09. The van der Waals surface area contributed by atoms with Crippen LogP contribution in [0.4, 0.5) is 0 Å². The second-order valence-electron chi connectivity index (χ2n) is 5.66. The highest BCUT2D eigenvalue weighted by atomic mass is 35.5. The Morgan fingerprint density at radius 3 is 2.68 bits per heavy atom. The van der Waals surface area contributed by atoms with Crippen LogP contribution in [0.2, 0.25) is 5.02 Å². The Balaban J connectivity index is 1.97. The molecule has 0 bridgehead atoms. The molecule has 2 aromatic heterocycles. The van der Waals surface area contributed by atoms with Crippen LogP contribution in [0, 0.1) is 0 Å². The number of hydrogen-bond acceptors (Lipinski definition) is 5. The Bertz CT molecular complexity index is 1140. The summed E-state index contributed by atoms with van der Waals surface area (Å²) >= 11 is 6.29. The van der Waals surface area contributed by atoms with E-state index < -0.39 is 15.6 Å². The first-order valence-corrected chi connectivity index (χ1v) is 9.49. The monoisotopic (exact) mass is 379 g/mol. The maximum absolute atomic E-state index is 12.9. The fourth-order valence-electron chi connectivity index (χ4n) is 2.93. The quantitative estimate of drug-likeness (QED) is 0.631. The minimum absolute atomic E-state index is 0.0715. The van der Waals surface area contributed by atoms with Crippen LogP contribution >= 0.6 is 11.6 Å². The SMILES string of the molecule is O=c1nc2ccccn2c2cc(Cl)c(S(=O)(=O)N3CCOCC3)cc12. The number of nitrogens with zero attached hydrogens (tertiary/aromatic N) is 3. The first kappa shape index (κ1) is 16.5. The van der Waals surface area contributed by atoms with Crippen molar-refractivity contribution in [3.8, 4) is 0 Å². The largest absolute Gasteiger partial charge is 0.379 e. The standard InChI is InChI=1S/C16H14ClN3O4S/c17-12-10-13-11(16(21)18-15-3-1-2-4-20(13)15)9-14(12)25(22,23)19-5-7-24-8-6-19/h1-4,9-10H,5-8H2. The molecule has 1 aromatic carbocycles. The number of ether oxygens (including phenoxy) is 1. The average molecular weight is 380 g/mol. The number of pyridine rings is 1. The van der Waals surface area contributed by atoms with E-state index in [1.807, 2.05) is 0 Å². The van der Waals surface area contributed by atoms with E-state index >= 15 is 0 Å². The zero-order chi connectivity index (χ0) is 17.6. The summed E-state index contributed by atoms with van der Waals surface area (Å²) in [6.07, 6.45) is 1.75. The van der Waals surface area contributed by atoms with Gasteiger partial charge in [-0.1, -0.05) is 17.7 Å². The third-order valence-electron chi connectivity index (χ3n) is 4.18. The van der Waals surface area contributed by atoms with Crippen LogP contribution in [0.5, 0.6) is 0 Å². The van der Waals surface area contributed by atoms with Gasteiger partial charge in [0.05, 0.1) is 29.1 Å². The van der Waals surface area contributed by atoms with Crippen molar-refractivity contribution in [2.45, 2.75) is 4.90 Å². The van der Waals surface area contributed by atoms with Gasteiger partial charge in [-0.05, 0) is 24.3 Å². The molecule has 0 aliphatic carbocycles. The highest BCUT2D eigenvalue weighted by molar-refractivity contribution is 7.89. The molecule has 0 saturated carbocycles. The Morgan fingerprint density at radius 2 is 1.92 bits per heavy atom. The van der Waals surface area contributed by atoms with E-state index in [9.17, 15) is 13.2 Å². The maximum atomic E-state index is 12.9. The molecule has 0 spiro atoms. The fourth-order valence-corrected chi connectivity index (χ4v) is 4.86. The summed E-state index contributed by atoms with van der Waals surface area (Å²) in [5.41, 5.74) is 0.498. The van der Waals surface area contributed by atoms with E-state index in [0.717, 1.165) is 0 Å². The minimum atomic E-state index is -3.81. The van der Waals surface area contributed by atoms with E-state index in [0.29, 0.717) is 24.4 Å². The van der Waals surface area contributed by atoms with Crippen molar-refractivity contribution in [2.75, 3.05) is 26.3 Å². The van der Waals surface area contributed by atoms with Gasteiger partial charge in [0, 0.05) is 19.3 Å². The third kappa shape index (κ3) is 2.71. The number of halogens is 1. The molecular formula is C16H14ClN3O4S. The lowest BCUT2D eigenvalue weighted by Gasteiger charge is -2.26. The van der Waals surface area contributed by atoms with E-state index in [1.54, 1.807) is 28.8 Å². The van der Waals surface area contributed by atoms with Gasteiger partial charge in [-0.25, -0.2) is 8.42 Å². The molecule has 4 rings (SSSR count). The van der Waals surface area contributed by atoms with Crippen molar-refractivity contribution in [1.29, 1.82) is 0 Å². The lowest BCUT2D eigenvalue weighted by Crippen LogP contribution is -2.40.